The highest BCUT2D eigenvalue weighted by molar-refractivity contribution is 6.00. The number of nitrogens with zero attached hydrogens (tertiary/aromatic N) is 1. The normalized spacial score (nSPS) is 10.1. The Balaban J connectivity index is 1.98. The van der Waals surface area contributed by atoms with Crippen LogP contribution in [0.15, 0.2) is 48.5 Å². The number of amides is 2. The number of hydrogen-bond acceptors (Lipinski definition) is 5. The highest BCUT2D eigenvalue weighted by Gasteiger charge is 2.15. The number of para-hydroxylation sites is 1. The molecule has 0 saturated carbocycles. The van der Waals surface area contributed by atoms with Crippen LogP contribution in [0, 0.1) is 10.1 Å². The predicted molar refractivity (Wildman–Crippen MR) is 99.5 cm³/mol. The van der Waals surface area contributed by atoms with Gasteiger partial charge in [0.05, 0.1) is 17.1 Å². The highest BCUT2D eigenvalue weighted by atomic mass is 16.6. The number of hydrazine groups is 1. The maximum atomic E-state index is 12.4. The molecular formula is C19H21N3O5. The first kappa shape index (κ1) is 19.9. The predicted octanol–water partition coefficient (Wildman–Crippen LogP) is 3.24. The van der Waals surface area contributed by atoms with E-state index in [-0.39, 0.29) is 16.8 Å². The third kappa shape index (κ3) is 5.81. The standard InChI is InChI=1S/C19H21N3O5/c1-2-3-6-12-27-17-11-5-4-10-16(17)19(24)21-20-18(23)14-8-7-9-15(13-14)22(25)26/h4-5,7-11,13H,2-3,6,12H2,1H3,(H,20,23)(H,21,24). The number of nitrogens with one attached hydrogen (secondary N) is 2. The van der Waals surface area contributed by atoms with Crippen LogP contribution in [0.2, 0.25) is 0 Å². The molecule has 2 aromatic carbocycles. The Kier molecular flexibility index (Phi) is 7.30. The van der Waals surface area contributed by atoms with Crippen LogP contribution in [-0.2, 0) is 0 Å². The van der Waals surface area contributed by atoms with Gasteiger partial charge in [-0.05, 0) is 24.6 Å². The van der Waals surface area contributed by atoms with Crippen LogP contribution in [0.4, 0.5) is 5.69 Å². The average Bonchev–Trinajstić information content (AvgIpc) is 2.69. The summed E-state index contributed by atoms with van der Waals surface area (Å²) in [6, 6.07) is 11.9. The van der Waals surface area contributed by atoms with E-state index in [4.69, 9.17) is 4.74 Å². The molecule has 2 aromatic rings. The molecular weight excluding hydrogens is 350 g/mol. The highest BCUT2D eigenvalue weighted by Crippen LogP contribution is 2.18. The van der Waals surface area contributed by atoms with Crippen molar-refractivity contribution < 1.29 is 19.2 Å². The molecule has 0 spiro atoms. The molecule has 8 heteroatoms. The van der Waals surface area contributed by atoms with Crippen LogP contribution in [0.1, 0.15) is 46.9 Å². The Morgan fingerprint density at radius 2 is 1.78 bits per heavy atom. The summed E-state index contributed by atoms with van der Waals surface area (Å²) in [5.41, 5.74) is 4.69. The third-order valence-electron chi connectivity index (χ3n) is 3.75. The van der Waals surface area contributed by atoms with Crippen LogP contribution in [-0.4, -0.2) is 23.3 Å². The maximum absolute atomic E-state index is 12.4. The zero-order valence-corrected chi connectivity index (χ0v) is 14.9. The van der Waals surface area contributed by atoms with E-state index in [2.05, 4.69) is 17.8 Å². The van der Waals surface area contributed by atoms with Crippen molar-refractivity contribution in [2.45, 2.75) is 26.2 Å². The summed E-state index contributed by atoms with van der Waals surface area (Å²) in [6.07, 6.45) is 2.98. The van der Waals surface area contributed by atoms with Crippen molar-refractivity contribution >= 4 is 17.5 Å². The molecule has 0 aliphatic heterocycles. The van der Waals surface area contributed by atoms with E-state index in [1.807, 2.05) is 0 Å². The maximum Gasteiger partial charge on any atom is 0.273 e. The molecule has 142 valence electrons. The third-order valence-corrected chi connectivity index (χ3v) is 3.75. The first-order valence-corrected chi connectivity index (χ1v) is 8.60. The van der Waals surface area contributed by atoms with Crippen LogP contribution < -0.4 is 15.6 Å². The molecule has 0 atom stereocenters. The number of carbonyl (C=O) groups is 2. The van der Waals surface area contributed by atoms with Crippen molar-refractivity contribution in [1.29, 1.82) is 0 Å². The van der Waals surface area contributed by atoms with Gasteiger partial charge in [-0.15, -0.1) is 0 Å². The average molecular weight is 371 g/mol. The van der Waals surface area contributed by atoms with E-state index in [0.717, 1.165) is 25.3 Å². The van der Waals surface area contributed by atoms with Gasteiger partial charge in [0.15, 0.2) is 0 Å². The largest absolute Gasteiger partial charge is 0.493 e. The second kappa shape index (κ2) is 9.91. The summed E-state index contributed by atoms with van der Waals surface area (Å²) in [5.74, 6) is -0.774. The van der Waals surface area contributed by atoms with Crippen LogP contribution in [0.5, 0.6) is 5.75 Å². The van der Waals surface area contributed by atoms with Gasteiger partial charge in [0.2, 0.25) is 0 Å². The van der Waals surface area contributed by atoms with Gasteiger partial charge in [-0.3, -0.25) is 30.6 Å². The molecule has 0 aliphatic rings. The molecule has 0 aromatic heterocycles. The summed E-state index contributed by atoms with van der Waals surface area (Å²) >= 11 is 0. The number of carbonyl (C=O) groups excluding carboxylic acids is 2. The van der Waals surface area contributed by atoms with Crippen molar-refractivity contribution in [1.82, 2.24) is 10.9 Å². The van der Waals surface area contributed by atoms with Crippen molar-refractivity contribution in [2.75, 3.05) is 6.61 Å². The molecule has 2 N–H and O–H groups in total. The lowest BCUT2D eigenvalue weighted by atomic mass is 10.2. The van der Waals surface area contributed by atoms with Gasteiger partial charge in [-0.1, -0.05) is 38.0 Å². The number of hydrogen-bond donors (Lipinski definition) is 2. The van der Waals surface area contributed by atoms with Gasteiger partial charge in [0.1, 0.15) is 5.75 Å². The van der Waals surface area contributed by atoms with Gasteiger partial charge < -0.3 is 4.74 Å². The molecule has 0 bridgehead atoms. The number of nitro benzene ring substituents is 1. The van der Waals surface area contributed by atoms with Crippen molar-refractivity contribution in [3.63, 3.8) is 0 Å². The summed E-state index contributed by atoms with van der Waals surface area (Å²) in [6.45, 7) is 2.59. The fourth-order valence-corrected chi connectivity index (χ4v) is 2.33. The summed E-state index contributed by atoms with van der Waals surface area (Å²) in [7, 11) is 0. The summed E-state index contributed by atoms with van der Waals surface area (Å²) in [5, 5.41) is 10.8. The van der Waals surface area contributed by atoms with Crippen molar-refractivity contribution in [2.24, 2.45) is 0 Å². The van der Waals surface area contributed by atoms with Gasteiger partial charge in [-0.25, -0.2) is 0 Å². The van der Waals surface area contributed by atoms with Crippen molar-refractivity contribution in [3.05, 3.63) is 69.8 Å². The number of ether oxygens (including phenoxy) is 1. The lowest BCUT2D eigenvalue weighted by Crippen LogP contribution is -2.41. The molecule has 0 heterocycles. The topological polar surface area (TPSA) is 111 Å². The van der Waals surface area contributed by atoms with Crippen LogP contribution >= 0.6 is 0 Å². The van der Waals surface area contributed by atoms with Crippen LogP contribution in [0.3, 0.4) is 0 Å². The van der Waals surface area contributed by atoms with E-state index < -0.39 is 16.7 Å². The minimum Gasteiger partial charge on any atom is -0.493 e. The number of benzene rings is 2. The molecule has 8 nitrogen and oxygen atoms in total. The minimum atomic E-state index is -0.659. The monoisotopic (exact) mass is 371 g/mol. The van der Waals surface area contributed by atoms with E-state index in [9.17, 15) is 19.7 Å². The molecule has 0 fully saturated rings. The van der Waals surface area contributed by atoms with E-state index >= 15 is 0 Å². The smallest absolute Gasteiger partial charge is 0.273 e. The lowest BCUT2D eigenvalue weighted by molar-refractivity contribution is -0.384. The van der Waals surface area contributed by atoms with Crippen LogP contribution in [0.25, 0.3) is 0 Å². The zero-order valence-electron chi connectivity index (χ0n) is 14.9. The van der Waals surface area contributed by atoms with Gasteiger partial charge in [0.25, 0.3) is 17.5 Å². The molecule has 0 radical (unpaired) electrons. The second-order valence-electron chi connectivity index (χ2n) is 5.77. The number of rotatable bonds is 8. The molecule has 0 saturated heterocycles. The van der Waals surface area contributed by atoms with Gasteiger partial charge in [0, 0.05) is 17.7 Å². The Labute approximate surface area is 156 Å². The van der Waals surface area contributed by atoms with Gasteiger partial charge in [-0.2, -0.15) is 0 Å². The molecule has 27 heavy (non-hydrogen) atoms. The number of non-ortho nitro benzene ring substituents is 1. The summed E-state index contributed by atoms with van der Waals surface area (Å²) < 4.78 is 5.65. The Morgan fingerprint density at radius 1 is 1.04 bits per heavy atom. The molecule has 0 aliphatic carbocycles. The number of nitro groups is 1. The first-order valence-electron chi connectivity index (χ1n) is 8.60. The Bertz CT molecular complexity index is 822. The minimum absolute atomic E-state index is 0.0635. The fourth-order valence-electron chi connectivity index (χ4n) is 2.33. The Hall–Kier alpha value is -3.42. The SMILES string of the molecule is CCCCCOc1ccccc1C(=O)NNC(=O)c1cccc([N+](=O)[O-])c1. The summed E-state index contributed by atoms with van der Waals surface area (Å²) in [4.78, 5) is 34.6. The molecule has 2 amide bonds. The zero-order chi connectivity index (χ0) is 19.6. The van der Waals surface area contributed by atoms with E-state index in [1.165, 1.54) is 18.2 Å². The first-order chi connectivity index (χ1) is 13.0. The van der Waals surface area contributed by atoms with Gasteiger partial charge >= 0.3 is 0 Å². The lowest BCUT2D eigenvalue weighted by Gasteiger charge is -2.12. The second-order valence-corrected chi connectivity index (χ2v) is 5.77. The van der Waals surface area contributed by atoms with E-state index in [0.29, 0.717) is 12.4 Å². The number of unbranched alkanes of at least 4 members (excludes halogenated alkanes) is 2. The van der Waals surface area contributed by atoms with Crippen molar-refractivity contribution in [3.8, 4) is 5.75 Å². The molecule has 2 rings (SSSR count). The molecule has 0 unspecified atom stereocenters. The Morgan fingerprint density at radius 3 is 2.52 bits per heavy atom. The van der Waals surface area contributed by atoms with E-state index in [1.54, 1.807) is 24.3 Å². The fraction of sp³-hybridized carbons (Fsp3) is 0.263. The quantitative estimate of drug-likeness (QED) is 0.420.